The molecule has 206 valence electrons. The number of carbonyl (C=O) groups is 2. The van der Waals surface area contributed by atoms with Crippen LogP contribution in [0.5, 0.6) is 0 Å². The van der Waals surface area contributed by atoms with E-state index in [9.17, 15) is 14.9 Å². The molecular formula is C30H37N5O3S. The van der Waals surface area contributed by atoms with Gasteiger partial charge in [-0.3, -0.25) is 14.3 Å². The molecule has 8 nitrogen and oxygen atoms in total. The van der Waals surface area contributed by atoms with Gasteiger partial charge in [0.1, 0.15) is 6.04 Å². The van der Waals surface area contributed by atoms with Crippen LogP contribution < -0.4 is 10.0 Å². The Bertz CT molecular complexity index is 1340. The maximum atomic E-state index is 13.2. The lowest BCUT2D eigenvalue weighted by Crippen LogP contribution is -2.51. The van der Waals surface area contributed by atoms with Crippen LogP contribution in [0.1, 0.15) is 62.4 Å². The molecule has 2 N–H and O–H groups in total. The Morgan fingerprint density at radius 1 is 1.15 bits per heavy atom. The minimum Gasteiger partial charge on any atom is -0.357 e. The Hall–Kier alpha value is -3.77. The number of nitriles is 1. The van der Waals surface area contributed by atoms with Gasteiger partial charge in [0.2, 0.25) is 17.7 Å². The number of aromatic nitrogens is 1. The van der Waals surface area contributed by atoms with Gasteiger partial charge in [-0.25, -0.2) is 0 Å². The van der Waals surface area contributed by atoms with Crippen molar-refractivity contribution < 1.29 is 14.1 Å². The number of nitrogens with one attached hydrogen (secondary N) is 2. The third kappa shape index (κ3) is 7.21. The molecule has 0 bridgehead atoms. The van der Waals surface area contributed by atoms with Gasteiger partial charge in [-0.15, -0.1) is 0 Å². The van der Waals surface area contributed by atoms with E-state index < -0.39 is 6.04 Å². The van der Waals surface area contributed by atoms with Crippen molar-refractivity contribution in [3.63, 3.8) is 0 Å². The maximum absolute atomic E-state index is 13.2. The second-order valence-electron chi connectivity index (χ2n) is 9.84. The topological polar surface area (TPSA) is 111 Å². The highest BCUT2D eigenvalue weighted by molar-refractivity contribution is 8.00. The summed E-state index contributed by atoms with van der Waals surface area (Å²) in [5, 5.41) is 16.8. The molecule has 2 aromatic carbocycles. The first-order valence-corrected chi connectivity index (χ1v) is 14.0. The van der Waals surface area contributed by atoms with E-state index in [2.05, 4.69) is 21.3 Å². The SMILES string of the molecule is CCCCC(=O)N(Cc1ccc(-c2ccccc2SNc2onc(C)c2C)c(C#N)c1)C(C(=O)NC)C(C)C. The molecule has 0 saturated heterocycles. The molecule has 39 heavy (non-hydrogen) atoms. The Morgan fingerprint density at radius 2 is 1.90 bits per heavy atom. The van der Waals surface area contributed by atoms with Crippen LogP contribution >= 0.6 is 11.9 Å². The monoisotopic (exact) mass is 547 g/mol. The lowest BCUT2D eigenvalue weighted by atomic mass is 9.96. The number of nitrogens with zero attached hydrogens (tertiary/aromatic N) is 3. The van der Waals surface area contributed by atoms with E-state index in [-0.39, 0.29) is 24.3 Å². The third-order valence-electron chi connectivity index (χ3n) is 6.69. The van der Waals surface area contributed by atoms with Gasteiger partial charge in [0, 0.05) is 36.0 Å². The molecule has 0 aliphatic rings. The summed E-state index contributed by atoms with van der Waals surface area (Å²) in [5.74, 6) is 0.264. The van der Waals surface area contributed by atoms with Crippen molar-refractivity contribution in [3.8, 4) is 17.2 Å². The van der Waals surface area contributed by atoms with Crippen LogP contribution in [0.4, 0.5) is 5.88 Å². The number of anilines is 1. The first-order valence-electron chi connectivity index (χ1n) is 13.2. The predicted molar refractivity (Wildman–Crippen MR) is 155 cm³/mol. The summed E-state index contributed by atoms with van der Waals surface area (Å²) in [4.78, 5) is 28.6. The van der Waals surface area contributed by atoms with E-state index >= 15 is 0 Å². The smallest absolute Gasteiger partial charge is 0.242 e. The van der Waals surface area contributed by atoms with Crippen LogP contribution in [0.3, 0.4) is 0 Å². The minimum atomic E-state index is -0.601. The summed E-state index contributed by atoms with van der Waals surface area (Å²) < 4.78 is 8.60. The molecule has 2 amide bonds. The number of hydrogen-bond acceptors (Lipinski definition) is 7. The molecule has 1 heterocycles. The summed E-state index contributed by atoms with van der Waals surface area (Å²) >= 11 is 1.39. The number of amides is 2. The van der Waals surface area contributed by atoms with Crippen molar-refractivity contribution in [2.24, 2.45) is 5.92 Å². The largest absolute Gasteiger partial charge is 0.357 e. The summed E-state index contributed by atoms with van der Waals surface area (Å²) in [7, 11) is 1.59. The van der Waals surface area contributed by atoms with Gasteiger partial charge < -0.3 is 14.7 Å². The highest BCUT2D eigenvalue weighted by atomic mass is 32.2. The predicted octanol–water partition coefficient (Wildman–Crippen LogP) is 6.24. The fourth-order valence-corrected chi connectivity index (χ4v) is 5.20. The molecule has 0 radical (unpaired) electrons. The summed E-state index contributed by atoms with van der Waals surface area (Å²) in [6.07, 6.45) is 2.02. The van der Waals surface area contributed by atoms with E-state index in [1.54, 1.807) is 11.9 Å². The second-order valence-corrected chi connectivity index (χ2v) is 10.7. The van der Waals surface area contributed by atoms with Gasteiger partial charge >= 0.3 is 0 Å². The van der Waals surface area contributed by atoms with E-state index in [0.717, 1.165) is 45.7 Å². The Labute approximate surface area is 235 Å². The van der Waals surface area contributed by atoms with Crippen LogP contribution in [-0.2, 0) is 16.1 Å². The van der Waals surface area contributed by atoms with E-state index in [1.165, 1.54) is 11.9 Å². The lowest BCUT2D eigenvalue weighted by molar-refractivity contribution is -0.142. The number of carbonyl (C=O) groups excluding carboxylic acids is 2. The first kappa shape index (κ1) is 29.8. The maximum Gasteiger partial charge on any atom is 0.242 e. The van der Waals surface area contributed by atoms with E-state index in [4.69, 9.17) is 4.52 Å². The lowest BCUT2D eigenvalue weighted by Gasteiger charge is -2.33. The number of rotatable bonds is 12. The van der Waals surface area contributed by atoms with Crippen molar-refractivity contribution in [1.82, 2.24) is 15.4 Å². The fraction of sp³-hybridized carbons (Fsp3) is 0.400. The van der Waals surface area contributed by atoms with Crippen molar-refractivity contribution in [2.75, 3.05) is 11.8 Å². The highest BCUT2D eigenvalue weighted by Gasteiger charge is 2.31. The van der Waals surface area contributed by atoms with Crippen molar-refractivity contribution >= 4 is 29.6 Å². The van der Waals surface area contributed by atoms with Crippen LogP contribution in [-0.4, -0.2) is 35.0 Å². The number of benzene rings is 2. The average Bonchev–Trinajstić information content (AvgIpc) is 3.26. The molecule has 0 spiro atoms. The van der Waals surface area contributed by atoms with Gasteiger partial charge in [-0.05, 0) is 61.4 Å². The summed E-state index contributed by atoms with van der Waals surface area (Å²) in [6.45, 7) is 9.99. The fourth-order valence-electron chi connectivity index (χ4n) is 4.37. The molecule has 1 unspecified atom stereocenters. The molecule has 0 saturated carbocycles. The van der Waals surface area contributed by atoms with Gasteiger partial charge in [-0.2, -0.15) is 5.26 Å². The van der Waals surface area contributed by atoms with Gasteiger partial charge in [0.15, 0.2) is 0 Å². The minimum absolute atomic E-state index is 0.0625. The van der Waals surface area contributed by atoms with Crippen LogP contribution in [0.25, 0.3) is 11.1 Å². The van der Waals surface area contributed by atoms with Crippen LogP contribution in [0, 0.1) is 31.1 Å². The quantitative estimate of drug-likeness (QED) is 0.258. The van der Waals surface area contributed by atoms with Gasteiger partial charge in [-0.1, -0.05) is 62.7 Å². The van der Waals surface area contributed by atoms with Gasteiger partial charge in [0.25, 0.3) is 0 Å². The molecule has 1 atom stereocenters. The molecule has 0 aliphatic carbocycles. The Balaban J connectivity index is 1.93. The highest BCUT2D eigenvalue weighted by Crippen LogP contribution is 2.35. The number of likely N-dealkylation sites (N-methyl/N-ethyl adjacent to an activating group) is 1. The van der Waals surface area contributed by atoms with Crippen molar-refractivity contribution in [3.05, 3.63) is 64.8 Å². The first-order chi connectivity index (χ1) is 18.7. The molecule has 9 heteroatoms. The average molecular weight is 548 g/mol. The molecule has 1 aromatic heterocycles. The molecule has 0 fully saturated rings. The van der Waals surface area contributed by atoms with Crippen LogP contribution in [0.2, 0.25) is 0 Å². The third-order valence-corrected chi connectivity index (χ3v) is 7.56. The standard InChI is InChI=1S/C30H37N5O3S/c1-7-8-13-27(36)35(28(19(2)3)29(37)32-6)18-22-14-15-24(23(16-22)17-31)25-11-9-10-12-26(25)39-34-30-20(4)21(5)33-38-30/h9-12,14-16,19,28,34H,7-8,13,18H2,1-6H3,(H,32,37). The van der Waals surface area contributed by atoms with E-state index in [0.29, 0.717) is 17.9 Å². The Kier molecular flexibility index (Phi) is 10.6. The number of hydrogen-bond donors (Lipinski definition) is 2. The Morgan fingerprint density at radius 3 is 2.51 bits per heavy atom. The zero-order valence-electron chi connectivity index (χ0n) is 23.5. The molecule has 3 aromatic rings. The zero-order chi connectivity index (χ0) is 28.5. The van der Waals surface area contributed by atoms with E-state index in [1.807, 2.05) is 77.1 Å². The van der Waals surface area contributed by atoms with Gasteiger partial charge in [0.05, 0.1) is 17.3 Å². The summed E-state index contributed by atoms with van der Waals surface area (Å²) in [5.41, 5.74) is 4.74. The molecular weight excluding hydrogens is 510 g/mol. The number of aryl methyl sites for hydroxylation is 1. The number of unbranched alkanes of at least 4 members (excludes halogenated alkanes) is 1. The zero-order valence-corrected chi connectivity index (χ0v) is 24.3. The normalized spacial score (nSPS) is 11.6. The molecule has 0 aliphatic heterocycles. The van der Waals surface area contributed by atoms with Crippen LogP contribution in [0.15, 0.2) is 51.9 Å². The second kappa shape index (κ2) is 13.9. The van der Waals surface area contributed by atoms with Crippen molar-refractivity contribution in [2.45, 2.75) is 71.4 Å². The molecule has 3 rings (SSSR count). The summed E-state index contributed by atoms with van der Waals surface area (Å²) in [6, 6.07) is 15.2. The van der Waals surface area contributed by atoms with Crippen molar-refractivity contribution in [1.29, 1.82) is 5.26 Å².